The molecule has 2 saturated carbocycles. The number of carbonyl (C=O) groups excluding carboxylic acids is 2. The van der Waals surface area contributed by atoms with E-state index in [0.29, 0.717) is 11.3 Å². The topological polar surface area (TPSA) is 99.1 Å². The molecule has 0 aromatic heterocycles. The van der Waals surface area contributed by atoms with Gasteiger partial charge in [-0.25, -0.2) is 0 Å². The van der Waals surface area contributed by atoms with E-state index in [1.807, 2.05) is 29.2 Å². The molecule has 0 radical (unpaired) electrons. The lowest BCUT2D eigenvalue weighted by Crippen LogP contribution is -2.58. The molecule has 2 amide bonds. The highest BCUT2D eigenvalue weighted by molar-refractivity contribution is 14.1. The van der Waals surface area contributed by atoms with Gasteiger partial charge >= 0.3 is 0 Å². The number of benzene rings is 1. The smallest absolute Gasteiger partial charge is 0.247 e. The predicted octanol–water partition coefficient (Wildman–Crippen LogP) is 2.39. The van der Waals surface area contributed by atoms with Crippen molar-refractivity contribution in [2.45, 2.75) is 69.2 Å². The number of nitrogens with zero attached hydrogens (tertiary/aromatic N) is 1. The minimum Gasteiger partial charge on any atom is -0.482 e. The number of ether oxygens (including phenoxy) is 1. The monoisotopic (exact) mass is 554 g/mol. The molecule has 0 saturated heterocycles. The highest BCUT2D eigenvalue weighted by Crippen LogP contribution is 2.38. The molecular weight excluding hydrogens is 523 g/mol. The van der Waals surface area contributed by atoms with Crippen LogP contribution in [0.4, 0.5) is 0 Å². The number of nitrogens with one attached hydrogen (secondary N) is 1. The molecule has 32 heavy (non-hydrogen) atoms. The van der Waals surface area contributed by atoms with Crippen LogP contribution in [0.15, 0.2) is 35.9 Å². The van der Waals surface area contributed by atoms with E-state index in [1.165, 1.54) is 0 Å². The molecule has 0 bridgehead atoms. The van der Waals surface area contributed by atoms with Crippen molar-refractivity contribution in [1.82, 2.24) is 10.2 Å². The van der Waals surface area contributed by atoms with Crippen molar-refractivity contribution < 1.29 is 24.5 Å². The maximum atomic E-state index is 13.3. The standard InChI is InChI=1S/C24H31IN2O5/c25-18-7-3-4-8-20(18)32-21-14-16(23(30)26-11-12-28)13-19(22(21)29)27(17-5-1-2-6-17)24(31)15-9-10-15/h3-4,7-8,14-15,17,19,21-22,28-29H,1-2,5-6,9-13H2,(H,26,30)/t19-,21+,22+/m1/s1. The molecule has 3 aliphatic carbocycles. The molecule has 1 aromatic carbocycles. The van der Waals surface area contributed by atoms with E-state index in [0.717, 1.165) is 42.1 Å². The van der Waals surface area contributed by atoms with Gasteiger partial charge in [-0.05, 0) is 66.5 Å². The lowest BCUT2D eigenvalue weighted by molar-refractivity contribution is -0.143. The van der Waals surface area contributed by atoms with Crippen molar-refractivity contribution in [3.63, 3.8) is 0 Å². The summed E-state index contributed by atoms with van der Waals surface area (Å²) in [6.07, 6.45) is 6.05. The Bertz CT molecular complexity index is 866. The number of halogens is 1. The molecule has 3 N–H and O–H groups in total. The van der Waals surface area contributed by atoms with Gasteiger partial charge < -0.3 is 25.2 Å². The van der Waals surface area contributed by atoms with Crippen LogP contribution in [-0.2, 0) is 9.59 Å². The van der Waals surface area contributed by atoms with Crippen LogP contribution in [-0.4, -0.2) is 64.4 Å². The largest absolute Gasteiger partial charge is 0.482 e. The summed E-state index contributed by atoms with van der Waals surface area (Å²) in [5.41, 5.74) is 0.483. The van der Waals surface area contributed by atoms with Gasteiger partial charge in [-0.1, -0.05) is 25.0 Å². The fourth-order valence-corrected chi connectivity index (χ4v) is 5.29. The minimum atomic E-state index is -0.941. The van der Waals surface area contributed by atoms with Crippen LogP contribution in [0, 0.1) is 9.49 Å². The Morgan fingerprint density at radius 3 is 2.53 bits per heavy atom. The van der Waals surface area contributed by atoms with E-state index >= 15 is 0 Å². The zero-order chi connectivity index (χ0) is 22.7. The maximum Gasteiger partial charge on any atom is 0.247 e. The molecule has 0 aliphatic heterocycles. The Morgan fingerprint density at radius 1 is 1.16 bits per heavy atom. The molecule has 8 heteroatoms. The van der Waals surface area contributed by atoms with Crippen molar-refractivity contribution in [2.75, 3.05) is 13.2 Å². The van der Waals surface area contributed by atoms with Crippen LogP contribution in [0.1, 0.15) is 44.9 Å². The molecule has 4 rings (SSSR count). The van der Waals surface area contributed by atoms with Crippen LogP contribution in [0.5, 0.6) is 5.75 Å². The van der Waals surface area contributed by atoms with Crippen molar-refractivity contribution in [3.8, 4) is 5.75 Å². The molecule has 0 unspecified atom stereocenters. The summed E-state index contributed by atoms with van der Waals surface area (Å²) < 4.78 is 7.08. The van der Waals surface area contributed by atoms with E-state index in [-0.39, 0.29) is 43.3 Å². The van der Waals surface area contributed by atoms with Crippen LogP contribution < -0.4 is 10.1 Å². The van der Waals surface area contributed by atoms with Gasteiger partial charge in [0.15, 0.2) is 0 Å². The Balaban J connectivity index is 1.64. The summed E-state index contributed by atoms with van der Waals surface area (Å²) in [5, 5.41) is 23.2. The Hall–Kier alpha value is -1.65. The average Bonchev–Trinajstić information content (AvgIpc) is 3.51. The number of amides is 2. The lowest BCUT2D eigenvalue weighted by atomic mass is 9.87. The minimum absolute atomic E-state index is 0.0369. The van der Waals surface area contributed by atoms with Gasteiger partial charge in [0.05, 0.1) is 16.2 Å². The second-order valence-corrected chi connectivity index (χ2v) is 10.1. The number of rotatable bonds is 8. The highest BCUT2D eigenvalue weighted by Gasteiger charge is 2.46. The number of para-hydroxylation sites is 1. The first kappa shape index (κ1) is 23.5. The van der Waals surface area contributed by atoms with Crippen molar-refractivity contribution in [3.05, 3.63) is 39.5 Å². The van der Waals surface area contributed by atoms with Gasteiger partial charge in [0, 0.05) is 30.5 Å². The molecule has 7 nitrogen and oxygen atoms in total. The van der Waals surface area contributed by atoms with E-state index in [4.69, 9.17) is 9.84 Å². The molecule has 3 aliphatic rings. The van der Waals surface area contributed by atoms with E-state index in [9.17, 15) is 14.7 Å². The fourth-order valence-electron chi connectivity index (χ4n) is 4.77. The SMILES string of the molecule is O=C(NCCO)C1=C[C@H](Oc2ccccc2I)[C@@H](O)[C@H](N(C(=O)C2CC2)C2CCCC2)C1. The second-order valence-electron chi connectivity index (χ2n) is 8.90. The first-order valence-corrected chi connectivity index (χ1v) is 12.6. The number of carbonyl (C=O) groups is 2. The molecule has 174 valence electrons. The summed E-state index contributed by atoms with van der Waals surface area (Å²) >= 11 is 2.18. The third-order valence-corrected chi connectivity index (χ3v) is 7.46. The highest BCUT2D eigenvalue weighted by atomic mass is 127. The quantitative estimate of drug-likeness (QED) is 0.429. The number of aliphatic hydroxyl groups is 2. The van der Waals surface area contributed by atoms with Gasteiger partial charge in [-0.3, -0.25) is 9.59 Å². The molecule has 2 fully saturated rings. The van der Waals surface area contributed by atoms with E-state index in [1.54, 1.807) is 6.08 Å². The first-order chi connectivity index (χ1) is 15.5. The molecule has 0 spiro atoms. The van der Waals surface area contributed by atoms with Gasteiger partial charge in [0.25, 0.3) is 0 Å². The zero-order valence-electron chi connectivity index (χ0n) is 18.1. The first-order valence-electron chi connectivity index (χ1n) is 11.5. The zero-order valence-corrected chi connectivity index (χ0v) is 20.2. The number of hydrogen-bond acceptors (Lipinski definition) is 5. The molecule has 3 atom stereocenters. The Kier molecular flexibility index (Phi) is 7.73. The van der Waals surface area contributed by atoms with Crippen LogP contribution >= 0.6 is 22.6 Å². The Morgan fingerprint density at radius 2 is 1.88 bits per heavy atom. The summed E-state index contributed by atoms with van der Waals surface area (Å²) in [7, 11) is 0. The third kappa shape index (κ3) is 5.28. The molecule has 1 aromatic rings. The van der Waals surface area contributed by atoms with Crippen molar-refractivity contribution in [2.24, 2.45) is 5.92 Å². The van der Waals surface area contributed by atoms with Crippen LogP contribution in [0.25, 0.3) is 0 Å². The van der Waals surface area contributed by atoms with Gasteiger partial charge in [-0.2, -0.15) is 0 Å². The van der Waals surface area contributed by atoms with Gasteiger partial charge in [-0.15, -0.1) is 0 Å². The summed E-state index contributed by atoms with van der Waals surface area (Å²) in [6, 6.07) is 7.11. The Labute approximate surface area is 202 Å². The lowest BCUT2D eigenvalue weighted by Gasteiger charge is -2.43. The fraction of sp³-hybridized carbons (Fsp3) is 0.583. The third-order valence-electron chi connectivity index (χ3n) is 6.57. The average molecular weight is 554 g/mol. The van der Waals surface area contributed by atoms with Gasteiger partial charge in [0.1, 0.15) is 18.0 Å². The molecular formula is C24H31IN2O5. The summed E-state index contributed by atoms with van der Waals surface area (Å²) in [4.78, 5) is 28.0. The van der Waals surface area contributed by atoms with Gasteiger partial charge in [0.2, 0.25) is 11.8 Å². The van der Waals surface area contributed by atoms with E-state index in [2.05, 4.69) is 27.9 Å². The number of aliphatic hydroxyl groups excluding tert-OH is 2. The second kappa shape index (κ2) is 10.5. The maximum absolute atomic E-state index is 13.3. The van der Waals surface area contributed by atoms with Crippen LogP contribution in [0.3, 0.4) is 0 Å². The summed E-state index contributed by atoms with van der Waals surface area (Å²) in [6.45, 7) is 0.000419. The number of hydrogen-bond donors (Lipinski definition) is 3. The van der Waals surface area contributed by atoms with Crippen molar-refractivity contribution in [1.29, 1.82) is 0 Å². The van der Waals surface area contributed by atoms with E-state index < -0.39 is 18.2 Å². The van der Waals surface area contributed by atoms with Crippen LogP contribution in [0.2, 0.25) is 0 Å². The predicted molar refractivity (Wildman–Crippen MR) is 128 cm³/mol. The van der Waals surface area contributed by atoms with Crippen molar-refractivity contribution >= 4 is 34.4 Å². The summed E-state index contributed by atoms with van der Waals surface area (Å²) in [5.74, 6) is 0.475. The molecule has 0 heterocycles. The normalized spacial score (nSPS) is 25.8.